The van der Waals surface area contributed by atoms with Crippen molar-refractivity contribution in [1.82, 2.24) is 0 Å². The molecule has 2 rings (SSSR count). The number of hydrogen-bond donors (Lipinski definition) is 2. The Hall–Kier alpha value is -0.770. The summed E-state index contributed by atoms with van der Waals surface area (Å²) in [4.78, 5) is 0. The molecule has 3 N–H and O–H groups in total. The molecule has 3 nitrogen and oxygen atoms in total. The van der Waals surface area contributed by atoms with Crippen LogP contribution in [-0.4, -0.2) is 25.3 Å². The van der Waals surface area contributed by atoms with E-state index >= 15 is 0 Å². The van der Waals surface area contributed by atoms with E-state index in [2.05, 4.69) is 5.32 Å². The topological polar surface area (TPSA) is 47.3 Å². The van der Waals surface area contributed by atoms with Crippen LogP contribution >= 0.6 is 11.6 Å². The molecule has 0 amide bonds. The number of ether oxygens (including phenoxy) is 1. The van der Waals surface area contributed by atoms with Crippen molar-refractivity contribution in [3.05, 3.63) is 29.3 Å². The van der Waals surface area contributed by atoms with Crippen LogP contribution in [0.2, 0.25) is 5.02 Å². The Morgan fingerprint density at radius 3 is 2.75 bits per heavy atom. The van der Waals surface area contributed by atoms with Gasteiger partial charge < -0.3 is 15.8 Å². The number of anilines is 1. The Balaban J connectivity index is 1.97. The van der Waals surface area contributed by atoms with Crippen molar-refractivity contribution in [3.8, 4) is 0 Å². The molecule has 88 valence electrons. The molecule has 1 aliphatic heterocycles. The van der Waals surface area contributed by atoms with Crippen molar-refractivity contribution in [2.75, 3.05) is 18.5 Å². The molecule has 1 aromatic carbocycles. The van der Waals surface area contributed by atoms with Gasteiger partial charge >= 0.3 is 0 Å². The fourth-order valence-electron chi connectivity index (χ4n) is 1.98. The van der Waals surface area contributed by atoms with Gasteiger partial charge in [0.2, 0.25) is 0 Å². The monoisotopic (exact) mass is 240 g/mol. The van der Waals surface area contributed by atoms with Gasteiger partial charge in [-0.3, -0.25) is 0 Å². The van der Waals surface area contributed by atoms with E-state index in [1.54, 1.807) is 0 Å². The van der Waals surface area contributed by atoms with E-state index in [1.807, 2.05) is 24.3 Å². The number of rotatable bonds is 4. The van der Waals surface area contributed by atoms with Crippen LogP contribution in [0.15, 0.2) is 24.3 Å². The smallest absolute Gasteiger partial charge is 0.0789 e. The normalized spacial score (nSPS) is 22.0. The molecule has 0 spiro atoms. The van der Waals surface area contributed by atoms with Crippen molar-refractivity contribution in [3.63, 3.8) is 0 Å². The minimum Gasteiger partial charge on any atom is -0.378 e. The summed E-state index contributed by atoms with van der Waals surface area (Å²) in [6.45, 7) is 1.43. The van der Waals surface area contributed by atoms with E-state index in [0.29, 0.717) is 6.54 Å². The van der Waals surface area contributed by atoms with Gasteiger partial charge in [-0.2, -0.15) is 0 Å². The first-order valence-corrected chi connectivity index (χ1v) is 6.01. The van der Waals surface area contributed by atoms with Crippen LogP contribution in [0.1, 0.15) is 12.8 Å². The molecule has 2 unspecified atom stereocenters. The summed E-state index contributed by atoms with van der Waals surface area (Å²) in [6.07, 6.45) is 2.45. The first kappa shape index (κ1) is 11.7. The number of hydrogen-bond acceptors (Lipinski definition) is 3. The number of halogens is 1. The fourth-order valence-corrected chi connectivity index (χ4v) is 2.11. The van der Waals surface area contributed by atoms with Crippen LogP contribution in [0.4, 0.5) is 5.69 Å². The molecule has 1 saturated heterocycles. The summed E-state index contributed by atoms with van der Waals surface area (Å²) in [6, 6.07) is 7.84. The lowest BCUT2D eigenvalue weighted by atomic mass is 10.1. The molecule has 1 aliphatic rings. The van der Waals surface area contributed by atoms with Gasteiger partial charge in [-0.15, -0.1) is 0 Å². The van der Waals surface area contributed by atoms with E-state index < -0.39 is 0 Å². The predicted octanol–water partition coefficient (Wildman–Crippen LogP) is 2.26. The Labute approximate surface area is 101 Å². The van der Waals surface area contributed by atoms with E-state index in [9.17, 15) is 0 Å². The lowest BCUT2D eigenvalue weighted by Crippen LogP contribution is -2.39. The fraction of sp³-hybridized carbons (Fsp3) is 0.500. The highest BCUT2D eigenvalue weighted by Gasteiger charge is 2.24. The van der Waals surface area contributed by atoms with Crippen molar-refractivity contribution < 1.29 is 4.74 Å². The molecule has 0 aliphatic carbocycles. The van der Waals surface area contributed by atoms with Crippen LogP contribution in [0.25, 0.3) is 0 Å². The average molecular weight is 241 g/mol. The molecule has 1 fully saturated rings. The maximum absolute atomic E-state index is 5.83. The van der Waals surface area contributed by atoms with E-state index in [1.165, 1.54) is 0 Å². The third kappa shape index (κ3) is 2.88. The average Bonchev–Trinajstić information content (AvgIpc) is 2.82. The predicted molar refractivity (Wildman–Crippen MR) is 66.9 cm³/mol. The minimum absolute atomic E-state index is 0.184. The molecule has 1 heterocycles. The van der Waals surface area contributed by atoms with Gasteiger partial charge in [0.15, 0.2) is 0 Å². The van der Waals surface area contributed by atoms with Gasteiger partial charge in [0.25, 0.3) is 0 Å². The first-order chi connectivity index (χ1) is 7.79. The molecule has 0 aromatic heterocycles. The summed E-state index contributed by atoms with van der Waals surface area (Å²) in [7, 11) is 0. The van der Waals surface area contributed by atoms with Crippen LogP contribution in [0, 0.1) is 0 Å². The van der Waals surface area contributed by atoms with Gasteiger partial charge in [0, 0.05) is 23.9 Å². The Morgan fingerprint density at radius 1 is 1.44 bits per heavy atom. The molecular weight excluding hydrogens is 224 g/mol. The maximum Gasteiger partial charge on any atom is 0.0789 e. The van der Waals surface area contributed by atoms with Crippen molar-refractivity contribution in [2.45, 2.75) is 25.0 Å². The highest BCUT2D eigenvalue weighted by molar-refractivity contribution is 6.30. The lowest BCUT2D eigenvalue weighted by molar-refractivity contribution is 0.0973. The molecular formula is C12H17ClN2O. The molecule has 2 atom stereocenters. The van der Waals surface area contributed by atoms with Gasteiger partial charge in [-0.25, -0.2) is 0 Å². The largest absolute Gasteiger partial charge is 0.378 e. The molecule has 0 bridgehead atoms. The van der Waals surface area contributed by atoms with Crippen LogP contribution in [0.5, 0.6) is 0 Å². The summed E-state index contributed by atoms with van der Waals surface area (Å²) in [5.74, 6) is 0. The second-order valence-electron chi connectivity index (χ2n) is 4.04. The third-order valence-electron chi connectivity index (χ3n) is 2.86. The second kappa shape index (κ2) is 5.53. The van der Waals surface area contributed by atoms with E-state index in [4.69, 9.17) is 22.1 Å². The third-order valence-corrected chi connectivity index (χ3v) is 3.12. The van der Waals surface area contributed by atoms with Crippen LogP contribution < -0.4 is 11.1 Å². The Morgan fingerprint density at radius 2 is 2.19 bits per heavy atom. The first-order valence-electron chi connectivity index (χ1n) is 5.63. The highest BCUT2D eigenvalue weighted by Crippen LogP contribution is 2.20. The van der Waals surface area contributed by atoms with Gasteiger partial charge in [0.1, 0.15) is 0 Å². The summed E-state index contributed by atoms with van der Waals surface area (Å²) >= 11 is 5.83. The van der Waals surface area contributed by atoms with E-state index in [-0.39, 0.29) is 12.1 Å². The second-order valence-corrected chi connectivity index (χ2v) is 4.48. The number of nitrogens with two attached hydrogens (primary N) is 1. The van der Waals surface area contributed by atoms with Gasteiger partial charge in [-0.1, -0.05) is 11.6 Å². The summed E-state index contributed by atoms with van der Waals surface area (Å²) in [5, 5.41) is 4.13. The zero-order valence-corrected chi connectivity index (χ0v) is 9.91. The summed E-state index contributed by atoms with van der Waals surface area (Å²) in [5.41, 5.74) is 6.80. The quantitative estimate of drug-likeness (QED) is 0.849. The lowest BCUT2D eigenvalue weighted by Gasteiger charge is -2.23. The molecule has 0 saturated carbocycles. The number of nitrogens with one attached hydrogen (secondary N) is 1. The van der Waals surface area contributed by atoms with Crippen molar-refractivity contribution in [2.24, 2.45) is 5.73 Å². The van der Waals surface area contributed by atoms with Crippen molar-refractivity contribution >= 4 is 17.3 Å². The highest BCUT2D eigenvalue weighted by atomic mass is 35.5. The SMILES string of the molecule is NCC(Nc1ccc(Cl)cc1)C1CCCO1. The zero-order valence-electron chi connectivity index (χ0n) is 9.16. The maximum atomic E-state index is 5.83. The molecule has 0 radical (unpaired) electrons. The Kier molecular flexibility index (Phi) is 4.04. The zero-order chi connectivity index (χ0) is 11.4. The minimum atomic E-state index is 0.184. The van der Waals surface area contributed by atoms with Crippen molar-refractivity contribution in [1.29, 1.82) is 0 Å². The number of benzene rings is 1. The van der Waals surface area contributed by atoms with Gasteiger partial charge in [0.05, 0.1) is 12.1 Å². The van der Waals surface area contributed by atoms with Gasteiger partial charge in [-0.05, 0) is 37.1 Å². The molecule has 4 heteroatoms. The van der Waals surface area contributed by atoms with Crippen LogP contribution in [0.3, 0.4) is 0 Å². The molecule has 16 heavy (non-hydrogen) atoms. The standard InChI is InChI=1S/C12H17ClN2O/c13-9-3-5-10(6-4-9)15-11(8-14)12-2-1-7-16-12/h3-6,11-12,15H,1-2,7-8,14H2. The Bertz CT molecular complexity index is 322. The summed E-state index contributed by atoms with van der Waals surface area (Å²) < 4.78 is 5.63. The molecule has 1 aromatic rings. The van der Waals surface area contributed by atoms with Crippen LogP contribution in [-0.2, 0) is 4.74 Å². The van der Waals surface area contributed by atoms with E-state index in [0.717, 1.165) is 30.2 Å².